The molecule has 0 saturated carbocycles. The quantitative estimate of drug-likeness (QED) is 0.170. The first-order chi connectivity index (χ1) is 20.4. The third-order valence-electron chi connectivity index (χ3n) is 6.66. The van der Waals surface area contributed by atoms with Gasteiger partial charge in [-0.05, 0) is 61.0 Å². The van der Waals surface area contributed by atoms with Crippen molar-refractivity contribution in [2.24, 2.45) is 5.73 Å². The number of halogens is 1. The molecule has 1 aliphatic rings. The van der Waals surface area contributed by atoms with Crippen LogP contribution in [0.4, 0.5) is 0 Å². The number of methoxy groups -OCH3 is 1. The SMILES string of the molecule is CCOc1ccc(C(=O)Oc2ccc3c(c2)OC(N)=C(C#N)C3c2ccc(OCc3ccccc3Cl)c(OC)c2)cc1. The Kier molecular flexibility index (Phi) is 8.51. The number of fused-ring (bicyclic) bond motifs is 1. The summed E-state index contributed by atoms with van der Waals surface area (Å²) in [6, 6.07) is 26.7. The number of nitriles is 1. The molecule has 4 aromatic carbocycles. The maximum absolute atomic E-state index is 12.8. The van der Waals surface area contributed by atoms with Gasteiger partial charge >= 0.3 is 5.97 Å². The fraction of sp³-hybridized carbons (Fsp3) is 0.152. The van der Waals surface area contributed by atoms with E-state index in [9.17, 15) is 10.1 Å². The standard InChI is InChI=1S/C33H27ClN2O6/c1-3-39-23-11-8-20(9-12-23)33(37)41-24-13-14-25-29(17-24)42-32(36)26(18-35)31(25)21-10-15-28(30(16-21)38-2)40-19-22-6-4-5-7-27(22)34/h4-17,31H,3,19,36H2,1-2H3. The van der Waals surface area contributed by atoms with Crippen LogP contribution in [0.2, 0.25) is 5.02 Å². The molecule has 0 bridgehead atoms. The maximum Gasteiger partial charge on any atom is 0.343 e. The summed E-state index contributed by atoms with van der Waals surface area (Å²) in [5, 5.41) is 10.6. The van der Waals surface area contributed by atoms with Gasteiger partial charge in [-0.3, -0.25) is 0 Å². The lowest BCUT2D eigenvalue weighted by Crippen LogP contribution is -2.21. The number of nitrogens with two attached hydrogens (primary N) is 1. The van der Waals surface area contributed by atoms with E-state index in [1.807, 2.05) is 31.2 Å². The van der Waals surface area contributed by atoms with Crippen LogP contribution in [0.5, 0.6) is 28.7 Å². The van der Waals surface area contributed by atoms with Crippen LogP contribution in [0.1, 0.15) is 39.9 Å². The topological polar surface area (TPSA) is 113 Å². The number of rotatable bonds is 9. The lowest BCUT2D eigenvalue weighted by atomic mass is 9.83. The molecule has 1 atom stereocenters. The number of ether oxygens (including phenoxy) is 5. The van der Waals surface area contributed by atoms with Crippen molar-refractivity contribution in [1.29, 1.82) is 5.26 Å². The summed E-state index contributed by atoms with van der Waals surface area (Å²) in [4.78, 5) is 12.8. The number of carbonyl (C=O) groups excluding carboxylic acids is 1. The molecule has 0 amide bonds. The Labute approximate surface area is 248 Å². The monoisotopic (exact) mass is 582 g/mol. The van der Waals surface area contributed by atoms with E-state index in [4.69, 9.17) is 41.0 Å². The smallest absolute Gasteiger partial charge is 0.343 e. The molecule has 42 heavy (non-hydrogen) atoms. The zero-order chi connectivity index (χ0) is 29.6. The molecule has 8 nitrogen and oxygen atoms in total. The molecule has 0 saturated heterocycles. The van der Waals surface area contributed by atoms with Crippen molar-refractivity contribution in [1.82, 2.24) is 0 Å². The van der Waals surface area contributed by atoms with Crippen LogP contribution in [0.15, 0.2) is 96.4 Å². The zero-order valence-corrected chi connectivity index (χ0v) is 23.7. The second-order valence-electron chi connectivity index (χ2n) is 9.26. The first-order valence-corrected chi connectivity index (χ1v) is 13.5. The van der Waals surface area contributed by atoms with E-state index in [0.717, 1.165) is 11.1 Å². The highest BCUT2D eigenvalue weighted by atomic mass is 35.5. The van der Waals surface area contributed by atoms with Gasteiger partial charge in [-0.15, -0.1) is 0 Å². The normalized spacial score (nSPS) is 13.8. The van der Waals surface area contributed by atoms with Gasteiger partial charge in [-0.1, -0.05) is 41.9 Å². The van der Waals surface area contributed by atoms with E-state index in [2.05, 4.69) is 6.07 Å². The minimum atomic E-state index is -0.555. The van der Waals surface area contributed by atoms with Gasteiger partial charge in [0.15, 0.2) is 11.5 Å². The maximum atomic E-state index is 12.8. The summed E-state index contributed by atoms with van der Waals surface area (Å²) >= 11 is 6.27. The van der Waals surface area contributed by atoms with Crippen LogP contribution in [0.3, 0.4) is 0 Å². The van der Waals surface area contributed by atoms with E-state index in [1.54, 1.807) is 67.8 Å². The van der Waals surface area contributed by atoms with Gasteiger partial charge in [0.25, 0.3) is 0 Å². The van der Waals surface area contributed by atoms with Crippen LogP contribution in [-0.2, 0) is 6.61 Å². The van der Waals surface area contributed by atoms with E-state index in [0.29, 0.717) is 45.8 Å². The van der Waals surface area contributed by atoms with Crippen LogP contribution in [0, 0.1) is 11.3 Å². The highest BCUT2D eigenvalue weighted by molar-refractivity contribution is 6.31. The summed E-state index contributed by atoms with van der Waals surface area (Å²) < 4.78 is 28.4. The fourth-order valence-electron chi connectivity index (χ4n) is 4.62. The molecule has 1 heterocycles. The highest BCUT2D eigenvalue weighted by Crippen LogP contribution is 2.45. The van der Waals surface area contributed by atoms with Crippen LogP contribution < -0.4 is 29.4 Å². The number of nitrogens with zero attached hydrogens (tertiary/aromatic N) is 1. The van der Waals surface area contributed by atoms with Gasteiger partial charge in [0.05, 0.1) is 25.2 Å². The summed E-state index contributed by atoms with van der Waals surface area (Å²) in [6.07, 6.45) is 0. The molecule has 0 aromatic heterocycles. The second kappa shape index (κ2) is 12.6. The Morgan fingerprint density at radius 2 is 1.74 bits per heavy atom. The molecule has 0 fully saturated rings. The number of hydrogen-bond acceptors (Lipinski definition) is 8. The Hall–Kier alpha value is -5.13. The van der Waals surface area contributed by atoms with Crippen molar-refractivity contribution in [3.8, 4) is 34.8 Å². The number of benzene rings is 4. The predicted octanol–water partition coefficient (Wildman–Crippen LogP) is 6.76. The summed E-state index contributed by atoms with van der Waals surface area (Å²) in [5.74, 6) is 1.15. The van der Waals surface area contributed by atoms with E-state index >= 15 is 0 Å². The predicted molar refractivity (Wildman–Crippen MR) is 157 cm³/mol. The molecule has 4 aromatic rings. The third kappa shape index (κ3) is 5.97. The molecule has 0 radical (unpaired) electrons. The highest BCUT2D eigenvalue weighted by Gasteiger charge is 2.32. The Morgan fingerprint density at radius 1 is 0.976 bits per heavy atom. The lowest BCUT2D eigenvalue weighted by molar-refractivity contribution is 0.0734. The van der Waals surface area contributed by atoms with Crippen molar-refractivity contribution in [3.05, 3.63) is 124 Å². The molecule has 1 unspecified atom stereocenters. The molecule has 0 spiro atoms. The fourth-order valence-corrected chi connectivity index (χ4v) is 4.81. The molecular weight excluding hydrogens is 556 g/mol. The molecule has 5 rings (SSSR count). The molecule has 0 aliphatic carbocycles. The van der Waals surface area contributed by atoms with Gasteiger partial charge in [0.2, 0.25) is 5.88 Å². The Bertz CT molecular complexity index is 1690. The minimum absolute atomic E-state index is 0.0389. The van der Waals surface area contributed by atoms with Crippen LogP contribution in [0.25, 0.3) is 0 Å². The van der Waals surface area contributed by atoms with E-state index in [-0.39, 0.29) is 23.8 Å². The van der Waals surface area contributed by atoms with Crippen LogP contribution in [-0.4, -0.2) is 19.7 Å². The largest absolute Gasteiger partial charge is 0.494 e. The van der Waals surface area contributed by atoms with Gasteiger partial charge in [-0.25, -0.2) is 4.79 Å². The second-order valence-corrected chi connectivity index (χ2v) is 9.67. The number of allylic oxidation sites excluding steroid dienone is 1. The Balaban J connectivity index is 1.41. The van der Waals surface area contributed by atoms with Gasteiger partial charge in [0, 0.05) is 22.2 Å². The molecule has 2 N–H and O–H groups in total. The van der Waals surface area contributed by atoms with Crippen molar-refractivity contribution >= 4 is 17.6 Å². The van der Waals surface area contributed by atoms with E-state index in [1.165, 1.54) is 0 Å². The number of carbonyl (C=O) groups is 1. The molecule has 212 valence electrons. The van der Waals surface area contributed by atoms with E-state index < -0.39 is 11.9 Å². The Morgan fingerprint density at radius 3 is 2.45 bits per heavy atom. The van der Waals surface area contributed by atoms with Gasteiger partial charge < -0.3 is 29.4 Å². The first kappa shape index (κ1) is 28.4. The zero-order valence-electron chi connectivity index (χ0n) is 22.9. The van der Waals surface area contributed by atoms with Gasteiger partial charge in [-0.2, -0.15) is 5.26 Å². The van der Waals surface area contributed by atoms with Crippen molar-refractivity contribution in [3.63, 3.8) is 0 Å². The number of esters is 1. The molecule has 9 heteroatoms. The summed E-state index contributed by atoms with van der Waals surface area (Å²) in [5.41, 5.74) is 9.05. The first-order valence-electron chi connectivity index (χ1n) is 13.1. The van der Waals surface area contributed by atoms with Crippen molar-refractivity contribution in [2.75, 3.05) is 13.7 Å². The molecular formula is C33H27ClN2O6. The third-order valence-corrected chi connectivity index (χ3v) is 7.03. The average Bonchev–Trinajstić information content (AvgIpc) is 3.00. The van der Waals surface area contributed by atoms with Crippen molar-refractivity contribution < 1.29 is 28.5 Å². The summed E-state index contributed by atoms with van der Waals surface area (Å²) in [7, 11) is 1.54. The summed E-state index contributed by atoms with van der Waals surface area (Å²) in [6.45, 7) is 2.67. The minimum Gasteiger partial charge on any atom is -0.494 e. The average molecular weight is 583 g/mol. The molecule has 1 aliphatic heterocycles. The van der Waals surface area contributed by atoms with Crippen LogP contribution >= 0.6 is 11.6 Å². The number of hydrogen-bond donors (Lipinski definition) is 1. The van der Waals surface area contributed by atoms with Gasteiger partial charge in [0.1, 0.15) is 35.5 Å². The lowest BCUT2D eigenvalue weighted by Gasteiger charge is -2.27. The van der Waals surface area contributed by atoms with Crippen molar-refractivity contribution in [2.45, 2.75) is 19.4 Å².